The molecule has 18 heavy (non-hydrogen) atoms. The van der Waals surface area contributed by atoms with Crippen LogP contribution in [0.1, 0.15) is 6.23 Å². The maximum atomic E-state index is 13.7. The summed E-state index contributed by atoms with van der Waals surface area (Å²) >= 11 is 0. The SMILES string of the molecule is C#C[C@@]1(CO)O[C@H](n2ccc(N)nc2=O)C=C1F. The van der Waals surface area contributed by atoms with Crippen LogP contribution in [0.4, 0.5) is 10.2 Å². The highest BCUT2D eigenvalue weighted by Gasteiger charge is 2.42. The first kappa shape index (κ1) is 12.3. The van der Waals surface area contributed by atoms with Crippen molar-refractivity contribution >= 4 is 5.82 Å². The lowest BCUT2D eigenvalue weighted by atomic mass is 10.1. The largest absolute Gasteiger partial charge is 0.392 e. The van der Waals surface area contributed by atoms with Crippen LogP contribution in [0.5, 0.6) is 0 Å². The van der Waals surface area contributed by atoms with Crippen LogP contribution in [0, 0.1) is 12.3 Å². The summed E-state index contributed by atoms with van der Waals surface area (Å²) in [5.74, 6) is 1.26. The van der Waals surface area contributed by atoms with Gasteiger partial charge in [-0.15, -0.1) is 6.42 Å². The number of anilines is 1. The van der Waals surface area contributed by atoms with Gasteiger partial charge in [-0.3, -0.25) is 4.57 Å². The molecule has 2 atom stereocenters. The lowest BCUT2D eigenvalue weighted by Crippen LogP contribution is -2.35. The highest BCUT2D eigenvalue weighted by atomic mass is 19.1. The molecular formula is C11H10FN3O3. The molecule has 0 aromatic carbocycles. The molecule has 1 aliphatic rings. The Hall–Kier alpha value is -2.17. The average Bonchev–Trinajstić information content (AvgIpc) is 2.67. The number of halogens is 1. The zero-order valence-corrected chi connectivity index (χ0v) is 9.21. The van der Waals surface area contributed by atoms with Gasteiger partial charge in [0.2, 0.25) is 5.60 Å². The number of rotatable bonds is 2. The molecule has 0 radical (unpaired) electrons. The summed E-state index contributed by atoms with van der Waals surface area (Å²) in [7, 11) is 0. The van der Waals surface area contributed by atoms with Gasteiger partial charge in [0.1, 0.15) is 11.6 Å². The molecule has 2 heterocycles. The van der Waals surface area contributed by atoms with E-state index >= 15 is 0 Å². The fraction of sp³-hybridized carbons (Fsp3) is 0.273. The van der Waals surface area contributed by atoms with Crippen molar-refractivity contribution in [3.05, 3.63) is 34.7 Å². The zero-order chi connectivity index (χ0) is 13.3. The molecule has 2 rings (SSSR count). The van der Waals surface area contributed by atoms with Crippen molar-refractivity contribution in [3.8, 4) is 12.3 Å². The predicted octanol–water partition coefficient (Wildman–Crippen LogP) is -0.428. The average molecular weight is 251 g/mol. The van der Waals surface area contributed by atoms with E-state index < -0.39 is 30.0 Å². The predicted molar refractivity (Wildman–Crippen MR) is 60.9 cm³/mol. The van der Waals surface area contributed by atoms with Gasteiger partial charge in [-0.2, -0.15) is 4.98 Å². The Labute approximate surface area is 102 Å². The van der Waals surface area contributed by atoms with Crippen molar-refractivity contribution in [1.29, 1.82) is 0 Å². The molecular weight excluding hydrogens is 241 g/mol. The minimum absolute atomic E-state index is 0.0454. The van der Waals surface area contributed by atoms with Gasteiger partial charge in [0.25, 0.3) is 0 Å². The molecule has 0 bridgehead atoms. The van der Waals surface area contributed by atoms with E-state index in [2.05, 4.69) is 4.98 Å². The summed E-state index contributed by atoms with van der Waals surface area (Å²) in [6, 6.07) is 1.37. The van der Waals surface area contributed by atoms with E-state index in [1.807, 2.05) is 5.92 Å². The normalized spacial score (nSPS) is 26.7. The van der Waals surface area contributed by atoms with Crippen molar-refractivity contribution in [2.75, 3.05) is 12.3 Å². The number of aromatic nitrogens is 2. The van der Waals surface area contributed by atoms with Gasteiger partial charge in [0.05, 0.1) is 6.61 Å². The lowest BCUT2D eigenvalue weighted by Gasteiger charge is -2.22. The van der Waals surface area contributed by atoms with E-state index in [1.165, 1.54) is 12.3 Å². The van der Waals surface area contributed by atoms with Gasteiger partial charge in [-0.05, 0) is 6.07 Å². The number of nitrogens with zero attached hydrogens (tertiary/aromatic N) is 2. The van der Waals surface area contributed by atoms with E-state index in [9.17, 15) is 9.18 Å². The number of ether oxygens (including phenoxy) is 1. The third-order valence-corrected chi connectivity index (χ3v) is 2.58. The second kappa shape index (κ2) is 4.25. The van der Waals surface area contributed by atoms with Crippen molar-refractivity contribution in [2.45, 2.75) is 11.8 Å². The van der Waals surface area contributed by atoms with Crippen LogP contribution in [0.2, 0.25) is 0 Å². The van der Waals surface area contributed by atoms with Crippen LogP contribution >= 0.6 is 0 Å². The molecule has 94 valence electrons. The number of hydrogen-bond acceptors (Lipinski definition) is 5. The summed E-state index contributed by atoms with van der Waals surface area (Å²) in [5, 5.41) is 9.09. The number of aliphatic hydroxyl groups is 1. The van der Waals surface area contributed by atoms with E-state index in [0.717, 1.165) is 10.6 Å². The molecule has 0 fully saturated rings. The van der Waals surface area contributed by atoms with Crippen molar-refractivity contribution in [3.63, 3.8) is 0 Å². The Bertz CT molecular complexity index is 604. The molecule has 7 heteroatoms. The summed E-state index contributed by atoms with van der Waals surface area (Å²) in [6.07, 6.45) is 6.39. The third kappa shape index (κ3) is 1.77. The van der Waals surface area contributed by atoms with Gasteiger partial charge >= 0.3 is 5.69 Å². The number of aliphatic hydroxyl groups excluding tert-OH is 1. The quantitative estimate of drug-likeness (QED) is 0.696. The zero-order valence-electron chi connectivity index (χ0n) is 9.21. The number of terminal acetylenes is 1. The molecule has 0 saturated carbocycles. The summed E-state index contributed by atoms with van der Waals surface area (Å²) in [5.41, 5.74) is 2.79. The molecule has 0 amide bonds. The van der Waals surface area contributed by atoms with Gasteiger partial charge in [0, 0.05) is 12.3 Å². The number of nitrogens with two attached hydrogens (primary N) is 1. The molecule has 3 N–H and O–H groups in total. The summed E-state index contributed by atoms with van der Waals surface area (Å²) in [6.45, 7) is -0.723. The Morgan fingerprint density at radius 3 is 3.00 bits per heavy atom. The summed E-state index contributed by atoms with van der Waals surface area (Å²) in [4.78, 5) is 15.0. The minimum Gasteiger partial charge on any atom is -0.392 e. The standard InChI is InChI=1S/C11H10FN3O3/c1-2-11(6-16)7(12)5-9(18-11)15-4-3-8(13)14-10(15)17/h1,3-5,9,16H,6H2,(H2,13,14,17)/t9-,11-/m0/s1. The van der Waals surface area contributed by atoms with Crippen LogP contribution in [0.25, 0.3) is 0 Å². The van der Waals surface area contributed by atoms with E-state index in [0.29, 0.717) is 0 Å². The molecule has 1 aliphatic heterocycles. The lowest BCUT2D eigenvalue weighted by molar-refractivity contribution is -0.0615. The first-order chi connectivity index (χ1) is 8.52. The Morgan fingerprint density at radius 2 is 2.50 bits per heavy atom. The molecule has 1 aromatic heterocycles. The summed E-state index contributed by atoms with van der Waals surface area (Å²) < 4.78 is 19.9. The van der Waals surface area contributed by atoms with E-state index in [-0.39, 0.29) is 5.82 Å². The van der Waals surface area contributed by atoms with Crippen LogP contribution < -0.4 is 11.4 Å². The van der Waals surface area contributed by atoms with Crippen molar-refractivity contribution in [1.82, 2.24) is 9.55 Å². The minimum atomic E-state index is -1.84. The van der Waals surface area contributed by atoms with Crippen LogP contribution in [0.3, 0.4) is 0 Å². The van der Waals surface area contributed by atoms with Crippen LogP contribution in [-0.2, 0) is 4.74 Å². The van der Waals surface area contributed by atoms with Crippen molar-refractivity contribution < 1.29 is 14.2 Å². The molecule has 1 aromatic rings. The molecule has 0 unspecified atom stereocenters. The molecule has 0 saturated heterocycles. The van der Waals surface area contributed by atoms with Crippen LogP contribution in [0.15, 0.2) is 29.0 Å². The highest BCUT2D eigenvalue weighted by molar-refractivity contribution is 5.30. The Morgan fingerprint density at radius 1 is 1.78 bits per heavy atom. The monoisotopic (exact) mass is 251 g/mol. The van der Waals surface area contributed by atoms with E-state index in [1.54, 1.807) is 0 Å². The molecule has 0 spiro atoms. The molecule has 0 aliphatic carbocycles. The van der Waals surface area contributed by atoms with E-state index in [4.69, 9.17) is 22.0 Å². The van der Waals surface area contributed by atoms with Crippen molar-refractivity contribution in [2.24, 2.45) is 0 Å². The maximum Gasteiger partial charge on any atom is 0.351 e. The fourth-order valence-corrected chi connectivity index (χ4v) is 1.57. The fourth-order valence-electron chi connectivity index (χ4n) is 1.57. The maximum absolute atomic E-state index is 13.7. The molecule has 6 nitrogen and oxygen atoms in total. The smallest absolute Gasteiger partial charge is 0.351 e. The van der Waals surface area contributed by atoms with Gasteiger partial charge in [0.15, 0.2) is 6.23 Å². The highest BCUT2D eigenvalue weighted by Crippen LogP contribution is 2.35. The Kier molecular flexibility index (Phi) is 2.90. The number of hydrogen-bond donors (Lipinski definition) is 2. The van der Waals surface area contributed by atoms with Gasteiger partial charge in [-0.25, -0.2) is 9.18 Å². The second-order valence-corrected chi connectivity index (χ2v) is 3.69. The van der Waals surface area contributed by atoms with Crippen LogP contribution in [-0.4, -0.2) is 26.9 Å². The number of nitrogen functional groups attached to an aromatic ring is 1. The first-order valence-electron chi connectivity index (χ1n) is 5.01. The topological polar surface area (TPSA) is 90.4 Å². The first-order valence-corrected chi connectivity index (χ1v) is 5.01. The van der Waals surface area contributed by atoms with Gasteiger partial charge < -0.3 is 15.6 Å². The third-order valence-electron chi connectivity index (χ3n) is 2.58. The second-order valence-electron chi connectivity index (χ2n) is 3.69. The Balaban J connectivity index is 2.40. The van der Waals surface area contributed by atoms with Gasteiger partial charge in [-0.1, -0.05) is 5.92 Å².